The number of hydrogen-bond donors (Lipinski definition) is 0. The van der Waals surface area contributed by atoms with Crippen LogP contribution in [0.25, 0.3) is 0 Å². The Morgan fingerprint density at radius 2 is 1.69 bits per heavy atom. The molecule has 1 rings (SSSR count). The lowest BCUT2D eigenvalue weighted by Gasteiger charge is -2.10. The number of nitrogens with zero attached hydrogens (tertiary/aromatic N) is 1. The lowest BCUT2D eigenvalue weighted by molar-refractivity contribution is 0.564. The molecule has 0 aliphatic heterocycles. The summed E-state index contributed by atoms with van der Waals surface area (Å²) in [5.74, 6) is 0. The van der Waals surface area contributed by atoms with Crippen molar-refractivity contribution < 1.29 is 8.42 Å². The van der Waals surface area contributed by atoms with E-state index < -0.39 is 10.0 Å². The summed E-state index contributed by atoms with van der Waals surface area (Å²) in [6, 6.07) is 6.76. The van der Waals surface area contributed by atoms with Gasteiger partial charge in [-0.25, -0.2) is 8.42 Å². The number of sulfonamides is 1. The smallest absolute Gasteiger partial charge is 0.207 e. The maximum Gasteiger partial charge on any atom is 0.245 e. The van der Waals surface area contributed by atoms with Gasteiger partial charge in [0, 0.05) is 7.05 Å². The minimum Gasteiger partial charge on any atom is -0.207 e. The van der Waals surface area contributed by atoms with E-state index in [0.717, 1.165) is 9.64 Å². The van der Waals surface area contributed by atoms with E-state index in [1.165, 1.54) is 7.05 Å². The van der Waals surface area contributed by atoms with Gasteiger partial charge in [0.05, 0.1) is 4.90 Å². The van der Waals surface area contributed by atoms with Crippen LogP contribution in [0.1, 0.15) is 5.56 Å². The van der Waals surface area contributed by atoms with Gasteiger partial charge in [0.2, 0.25) is 10.0 Å². The van der Waals surface area contributed by atoms with Crippen molar-refractivity contribution in [1.29, 1.82) is 0 Å². The van der Waals surface area contributed by atoms with Crippen LogP contribution in [-0.2, 0) is 10.0 Å². The predicted molar refractivity (Wildman–Crippen MR) is 55.8 cm³/mol. The summed E-state index contributed by atoms with van der Waals surface area (Å²) < 4.78 is 24.2. The summed E-state index contributed by atoms with van der Waals surface area (Å²) in [4.78, 5) is 0.315. The average molecular weight is 217 g/mol. The monoisotopic (exact) mass is 217 g/mol. The molecule has 5 heteroatoms. The van der Waals surface area contributed by atoms with Crippen LogP contribution in [-0.4, -0.2) is 19.5 Å². The zero-order valence-electron chi connectivity index (χ0n) is 7.56. The van der Waals surface area contributed by atoms with Crippen LogP contribution in [0.2, 0.25) is 0 Å². The molecule has 1 atom stereocenters. The molecule has 0 bridgehead atoms. The molecule has 1 aromatic rings. The number of hydrogen-bond acceptors (Lipinski definition) is 2. The van der Waals surface area contributed by atoms with Crippen LogP contribution in [0, 0.1) is 6.92 Å². The topological polar surface area (TPSA) is 37.4 Å². The summed E-state index contributed by atoms with van der Waals surface area (Å²) in [7, 11) is 0.322. The van der Waals surface area contributed by atoms with E-state index in [9.17, 15) is 8.42 Å². The highest BCUT2D eigenvalue weighted by molar-refractivity contribution is 7.91. The molecule has 0 aromatic heterocycles. The molecule has 0 aliphatic carbocycles. The summed E-state index contributed by atoms with van der Waals surface area (Å²) in [5, 5.41) is 0. The highest BCUT2D eigenvalue weighted by Gasteiger charge is 2.16. The molecule has 0 N–H and O–H groups in total. The molecule has 0 fully saturated rings. The van der Waals surface area contributed by atoms with Crippen LogP contribution in [0.3, 0.4) is 0 Å². The Balaban J connectivity index is 3.17. The molecule has 0 amide bonds. The molecule has 0 aliphatic rings. The first kappa shape index (κ1) is 10.6. The lowest BCUT2D eigenvalue weighted by atomic mass is 10.2. The molecular formula is C8H12NO2PS. The van der Waals surface area contributed by atoms with Gasteiger partial charge in [0.25, 0.3) is 0 Å². The second-order valence-electron chi connectivity index (χ2n) is 2.83. The zero-order chi connectivity index (χ0) is 10.1. The normalized spacial score (nSPS) is 12.0. The van der Waals surface area contributed by atoms with E-state index in [1.54, 1.807) is 24.3 Å². The van der Waals surface area contributed by atoms with Gasteiger partial charge < -0.3 is 0 Å². The molecule has 1 unspecified atom stereocenters. The van der Waals surface area contributed by atoms with E-state index in [4.69, 9.17) is 0 Å². The molecule has 72 valence electrons. The molecular weight excluding hydrogens is 205 g/mol. The van der Waals surface area contributed by atoms with Crippen LogP contribution in [0.4, 0.5) is 0 Å². The first-order valence-electron chi connectivity index (χ1n) is 3.75. The van der Waals surface area contributed by atoms with Crippen molar-refractivity contribution >= 4 is 19.4 Å². The quantitative estimate of drug-likeness (QED) is 0.702. The summed E-state index contributed by atoms with van der Waals surface area (Å²) in [5.41, 5.74) is 1.05. The fourth-order valence-electron chi connectivity index (χ4n) is 0.877. The molecule has 0 heterocycles. The Morgan fingerprint density at radius 1 is 1.23 bits per heavy atom. The van der Waals surface area contributed by atoms with E-state index >= 15 is 0 Å². The van der Waals surface area contributed by atoms with Gasteiger partial charge in [0.15, 0.2) is 0 Å². The van der Waals surface area contributed by atoms with Gasteiger partial charge in [-0.3, -0.25) is 0 Å². The highest BCUT2D eigenvalue weighted by Crippen LogP contribution is 2.16. The third-order valence-electron chi connectivity index (χ3n) is 1.70. The summed E-state index contributed by atoms with van der Waals surface area (Å²) in [6.07, 6.45) is 0. The third-order valence-corrected chi connectivity index (χ3v) is 4.16. The van der Waals surface area contributed by atoms with E-state index in [-0.39, 0.29) is 0 Å². The van der Waals surface area contributed by atoms with Crippen molar-refractivity contribution in [2.75, 3.05) is 7.05 Å². The maximum absolute atomic E-state index is 11.5. The molecule has 3 nitrogen and oxygen atoms in total. The van der Waals surface area contributed by atoms with Crippen LogP contribution < -0.4 is 0 Å². The largest absolute Gasteiger partial charge is 0.245 e. The van der Waals surface area contributed by atoms with Gasteiger partial charge in [-0.1, -0.05) is 17.7 Å². The number of rotatable bonds is 2. The Bertz CT molecular complexity index is 383. The van der Waals surface area contributed by atoms with Crippen LogP contribution in [0.15, 0.2) is 29.2 Å². The van der Waals surface area contributed by atoms with Gasteiger partial charge in [0.1, 0.15) is 0 Å². The third kappa shape index (κ3) is 2.27. The van der Waals surface area contributed by atoms with Gasteiger partial charge in [-0.2, -0.15) is 4.08 Å². The van der Waals surface area contributed by atoms with Crippen LogP contribution >= 0.6 is 9.39 Å². The van der Waals surface area contributed by atoms with Crippen molar-refractivity contribution in [1.82, 2.24) is 4.08 Å². The SMILES string of the molecule is Cc1ccc(S(=O)(=O)N(C)P)cc1. The molecule has 13 heavy (non-hydrogen) atoms. The van der Waals surface area contributed by atoms with E-state index in [0.29, 0.717) is 4.90 Å². The average Bonchev–Trinajstić information content (AvgIpc) is 2.04. The van der Waals surface area contributed by atoms with Crippen molar-refractivity contribution in [2.45, 2.75) is 11.8 Å². The maximum atomic E-state index is 11.5. The van der Waals surface area contributed by atoms with Crippen molar-refractivity contribution in [3.05, 3.63) is 29.8 Å². The molecule has 0 saturated heterocycles. The van der Waals surface area contributed by atoms with Gasteiger partial charge >= 0.3 is 0 Å². The predicted octanol–water partition coefficient (Wildman–Crippen LogP) is 1.41. The van der Waals surface area contributed by atoms with E-state index in [1.807, 2.05) is 6.92 Å². The Hall–Kier alpha value is -0.440. The Morgan fingerprint density at radius 3 is 2.08 bits per heavy atom. The molecule has 0 saturated carbocycles. The first-order valence-corrected chi connectivity index (χ1v) is 5.70. The van der Waals surface area contributed by atoms with Crippen LogP contribution in [0.5, 0.6) is 0 Å². The van der Waals surface area contributed by atoms with Crippen molar-refractivity contribution in [3.63, 3.8) is 0 Å². The Kier molecular flexibility index (Phi) is 3.06. The standard InChI is InChI=1S/C8H12NO2PS/c1-7-3-5-8(6-4-7)13(10,11)9(2)12/h3-6H,12H2,1-2H3. The molecule has 0 radical (unpaired) electrons. The second-order valence-corrected chi connectivity index (χ2v) is 5.98. The Labute approximate surface area is 81.1 Å². The number of benzene rings is 1. The number of aryl methyl sites for hydroxylation is 1. The second kappa shape index (κ2) is 3.74. The van der Waals surface area contributed by atoms with Gasteiger partial charge in [-0.15, -0.1) is 0 Å². The summed E-state index contributed by atoms with van der Waals surface area (Å²) in [6.45, 7) is 1.92. The fourth-order valence-corrected chi connectivity index (χ4v) is 2.05. The van der Waals surface area contributed by atoms with E-state index in [2.05, 4.69) is 9.39 Å². The zero-order valence-corrected chi connectivity index (χ0v) is 9.53. The summed E-state index contributed by atoms with van der Waals surface area (Å²) >= 11 is 0. The van der Waals surface area contributed by atoms with Gasteiger partial charge in [-0.05, 0) is 28.4 Å². The minimum atomic E-state index is -3.30. The first-order chi connectivity index (χ1) is 5.94. The lowest BCUT2D eigenvalue weighted by Crippen LogP contribution is -2.16. The molecule has 0 spiro atoms. The minimum absolute atomic E-state index is 0.315. The van der Waals surface area contributed by atoms with Crippen molar-refractivity contribution in [2.24, 2.45) is 0 Å². The highest BCUT2D eigenvalue weighted by atomic mass is 32.2. The van der Waals surface area contributed by atoms with Crippen molar-refractivity contribution in [3.8, 4) is 0 Å². The molecule has 1 aromatic carbocycles. The fraction of sp³-hybridized carbons (Fsp3) is 0.250.